The number of amides is 1. The van der Waals surface area contributed by atoms with Crippen molar-refractivity contribution in [2.24, 2.45) is 11.3 Å². The van der Waals surface area contributed by atoms with E-state index >= 15 is 0 Å². The van der Waals surface area contributed by atoms with Gasteiger partial charge in [-0.2, -0.15) is 0 Å². The molecule has 7 heteroatoms. The van der Waals surface area contributed by atoms with E-state index in [1.54, 1.807) is 12.1 Å². The molecule has 0 bridgehead atoms. The molecular weight excluding hydrogens is 459 g/mol. The van der Waals surface area contributed by atoms with Crippen LogP contribution in [0.25, 0.3) is 10.9 Å². The third-order valence-corrected chi connectivity index (χ3v) is 8.40. The van der Waals surface area contributed by atoms with Crippen molar-refractivity contribution in [1.82, 2.24) is 9.88 Å². The first-order valence-corrected chi connectivity index (χ1v) is 13.0. The van der Waals surface area contributed by atoms with Crippen LogP contribution in [0.15, 0.2) is 48.7 Å². The molecule has 3 saturated carbocycles. The van der Waals surface area contributed by atoms with Gasteiger partial charge in [0.15, 0.2) is 0 Å². The number of hydrogen-bond donors (Lipinski definition) is 2. The average molecular weight is 491 g/mol. The molecule has 0 saturated heterocycles. The first-order valence-electron chi connectivity index (χ1n) is 13.0. The third-order valence-electron chi connectivity index (χ3n) is 8.40. The van der Waals surface area contributed by atoms with Gasteiger partial charge < -0.3 is 19.7 Å². The summed E-state index contributed by atoms with van der Waals surface area (Å²) in [7, 11) is 0. The Morgan fingerprint density at radius 2 is 1.75 bits per heavy atom. The quantitative estimate of drug-likeness (QED) is 0.457. The second-order valence-electron chi connectivity index (χ2n) is 11.0. The fraction of sp³-hybridized carbons (Fsp3) is 0.448. The van der Waals surface area contributed by atoms with E-state index in [2.05, 4.69) is 5.32 Å². The highest BCUT2D eigenvalue weighted by atomic mass is 19.1. The summed E-state index contributed by atoms with van der Waals surface area (Å²) in [6.45, 7) is 0.514. The lowest BCUT2D eigenvalue weighted by atomic mass is 9.50. The van der Waals surface area contributed by atoms with E-state index in [0.29, 0.717) is 42.0 Å². The van der Waals surface area contributed by atoms with Crippen LogP contribution < -0.4 is 10.1 Å². The van der Waals surface area contributed by atoms with Crippen molar-refractivity contribution in [2.45, 2.75) is 70.1 Å². The molecule has 6 nitrogen and oxygen atoms in total. The summed E-state index contributed by atoms with van der Waals surface area (Å²) in [4.78, 5) is 24.3. The van der Waals surface area contributed by atoms with E-state index in [-0.39, 0.29) is 29.1 Å². The number of carboxylic acid groups (broad SMARTS) is 1. The number of rotatable bonds is 7. The topological polar surface area (TPSA) is 80.6 Å². The predicted octanol–water partition coefficient (Wildman–Crippen LogP) is 5.52. The molecule has 3 aromatic rings. The zero-order chi connectivity index (χ0) is 24.9. The largest absolute Gasteiger partial charge is 0.490 e. The molecule has 0 atom stereocenters. The van der Waals surface area contributed by atoms with E-state index in [1.165, 1.54) is 18.9 Å². The van der Waals surface area contributed by atoms with Gasteiger partial charge in [0.25, 0.3) is 5.91 Å². The lowest BCUT2D eigenvalue weighted by Gasteiger charge is -2.56. The zero-order valence-corrected chi connectivity index (χ0v) is 20.2. The maximum absolute atomic E-state index is 14.6. The van der Waals surface area contributed by atoms with Gasteiger partial charge in [0.05, 0.1) is 23.1 Å². The predicted molar refractivity (Wildman–Crippen MR) is 134 cm³/mol. The summed E-state index contributed by atoms with van der Waals surface area (Å²) in [5, 5.41) is 12.7. The molecule has 1 amide bonds. The number of aliphatic carboxylic acids is 1. The highest BCUT2D eigenvalue weighted by Gasteiger charge is 2.55. The summed E-state index contributed by atoms with van der Waals surface area (Å²) in [5.74, 6) is -0.663. The molecule has 2 N–H and O–H groups in total. The number of ether oxygens (including phenoxy) is 1. The second-order valence-corrected chi connectivity index (χ2v) is 11.0. The summed E-state index contributed by atoms with van der Waals surface area (Å²) in [6, 6.07) is 12.7. The number of hydrogen-bond acceptors (Lipinski definition) is 3. The van der Waals surface area contributed by atoms with Crippen LogP contribution in [0.1, 0.15) is 67.3 Å². The van der Waals surface area contributed by atoms with Crippen molar-refractivity contribution in [3.8, 4) is 5.75 Å². The number of nitrogens with zero attached hydrogens (tertiary/aromatic N) is 1. The Hall–Kier alpha value is -3.35. The van der Waals surface area contributed by atoms with Crippen LogP contribution in [-0.2, 0) is 11.3 Å². The maximum atomic E-state index is 14.6. The number of carboxylic acids is 1. The molecule has 3 aliphatic carbocycles. The molecule has 6 rings (SSSR count). The number of benzene rings is 2. The van der Waals surface area contributed by atoms with Crippen molar-refractivity contribution in [2.75, 3.05) is 0 Å². The van der Waals surface area contributed by atoms with Crippen molar-refractivity contribution in [3.05, 3.63) is 65.6 Å². The molecule has 36 heavy (non-hydrogen) atoms. The minimum Gasteiger partial charge on any atom is -0.490 e. The molecule has 1 spiro atoms. The normalized spacial score (nSPS) is 25.5. The first-order chi connectivity index (χ1) is 17.4. The smallest absolute Gasteiger partial charge is 0.306 e. The average Bonchev–Trinajstić information content (AvgIpc) is 3.46. The van der Waals surface area contributed by atoms with E-state index < -0.39 is 5.97 Å². The Balaban J connectivity index is 1.15. The number of fused-ring (bicyclic) bond motifs is 1. The fourth-order valence-electron chi connectivity index (χ4n) is 6.52. The summed E-state index contributed by atoms with van der Waals surface area (Å²) >= 11 is 0. The van der Waals surface area contributed by atoms with Gasteiger partial charge in [0, 0.05) is 24.2 Å². The van der Waals surface area contributed by atoms with Crippen molar-refractivity contribution < 1.29 is 23.8 Å². The molecule has 3 fully saturated rings. The minimum absolute atomic E-state index is 0.0307. The number of halogens is 1. The number of carbonyl (C=O) groups is 2. The van der Waals surface area contributed by atoms with Crippen LogP contribution in [0.4, 0.5) is 4.39 Å². The van der Waals surface area contributed by atoms with Crippen LogP contribution in [0.3, 0.4) is 0 Å². The van der Waals surface area contributed by atoms with E-state index in [9.17, 15) is 14.0 Å². The van der Waals surface area contributed by atoms with Gasteiger partial charge in [-0.3, -0.25) is 9.59 Å². The lowest BCUT2D eigenvalue weighted by Crippen LogP contribution is -2.57. The van der Waals surface area contributed by atoms with E-state index in [0.717, 1.165) is 37.0 Å². The molecule has 1 heterocycles. The van der Waals surface area contributed by atoms with Crippen LogP contribution >= 0.6 is 0 Å². The Labute approximate surface area is 209 Å². The van der Waals surface area contributed by atoms with Gasteiger partial charge in [-0.25, -0.2) is 4.39 Å². The summed E-state index contributed by atoms with van der Waals surface area (Å²) in [5.41, 5.74) is 2.16. The maximum Gasteiger partial charge on any atom is 0.306 e. The Morgan fingerprint density at radius 3 is 2.44 bits per heavy atom. The molecule has 0 aliphatic heterocycles. The molecule has 0 radical (unpaired) electrons. The van der Waals surface area contributed by atoms with Gasteiger partial charge in [-0.15, -0.1) is 0 Å². The molecular formula is C29H31FN2O4. The number of carbonyl (C=O) groups excluding carboxylic acids is 1. The van der Waals surface area contributed by atoms with Gasteiger partial charge in [0.2, 0.25) is 0 Å². The highest BCUT2D eigenvalue weighted by molar-refractivity contribution is 6.06. The van der Waals surface area contributed by atoms with Gasteiger partial charge >= 0.3 is 5.97 Å². The van der Waals surface area contributed by atoms with Gasteiger partial charge in [-0.1, -0.05) is 12.1 Å². The number of nitrogens with one attached hydrogen (secondary N) is 1. The Morgan fingerprint density at radius 1 is 1.03 bits per heavy atom. The number of aromatic nitrogens is 1. The SMILES string of the molecule is O=C(NC1CC2(C1)CC(C(=O)O)C2)c1ccc(F)c2ccn(Cc3ccc(OC4CCCC4)cc3)c12. The molecule has 2 aromatic carbocycles. The summed E-state index contributed by atoms with van der Waals surface area (Å²) in [6.07, 6.45) is 9.81. The van der Waals surface area contributed by atoms with Crippen LogP contribution in [0, 0.1) is 17.2 Å². The summed E-state index contributed by atoms with van der Waals surface area (Å²) < 4.78 is 22.6. The van der Waals surface area contributed by atoms with E-state index in [1.807, 2.05) is 35.0 Å². The van der Waals surface area contributed by atoms with Crippen LogP contribution in [0.2, 0.25) is 0 Å². The van der Waals surface area contributed by atoms with Crippen LogP contribution in [-0.4, -0.2) is 33.7 Å². The minimum atomic E-state index is -0.724. The molecule has 188 valence electrons. The van der Waals surface area contributed by atoms with Crippen molar-refractivity contribution >= 4 is 22.8 Å². The van der Waals surface area contributed by atoms with Crippen molar-refractivity contribution in [1.29, 1.82) is 0 Å². The Kier molecular flexibility index (Phi) is 5.73. The second kappa shape index (κ2) is 8.95. The first kappa shape index (κ1) is 23.1. The van der Waals surface area contributed by atoms with Crippen molar-refractivity contribution in [3.63, 3.8) is 0 Å². The van der Waals surface area contributed by atoms with Gasteiger partial charge in [-0.05, 0) is 92.7 Å². The molecule has 0 unspecified atom stereocenters. The molecule has 1 aromatic heterocycles. The van der Waals surface area contributed by atoms with Crippen LogP contribution in [0.5, 0.6) is 5.75 Å². The lowest BCUT2D eigenvalue weighted by molar-refractivity contribution is -0.155. The van der Waals surface area contributed by atoms with E-state index in [4.69, 9.17) is 9.84 Å². The highest BCUT2D eigenvalue weighted by Crippen LogP contribution is 2.58. The third kappa shape index (κ3) is 4.25. The monoisotopic (exact) mass is 490 g/mol. The fourth-order valence-corrected chi connectivity index (χ4v) is 6.52. The standard InChI is InChI=1S/C29H31FN2O4/c30-25-10-9-24(27(33)31-20-15-29(16-20)13-19(14-29)28(34)35)26-23(25)11-12-32(26)17-18-5-7-22(8-6-18)36-21-3-1-2-4-21/h5-12,19-21H,1-4,13-17H2,(H,31,33)(H,34,35). The zero-order valence-electron chi connectivity index (χ0n) is 20.2. The Bertz CT molecular complexity index is 1290. The van der Waals surface area contributed by atoms with Gasteiger partial charge in [0.1, 0.15) is 11.6 Å². The molecule has 3 aliphatic rings.